The van der Waals surface area contributed by atoms with Gasteiger partial charge in [0.15, 0.2) is 0 Å². The van der Waals surface area contributed by atoms with Gasteiger partial charge < -0.3 is 4.98 Å². The zero-order chi connectivity index (χ0) is 15.6. The summed E-state index contributed by atoms with van der Waals surface area (Å²) in [6.07, 6.45) is 3.67. The highest BCUT2D eigenvalue weighted by Crippen LogP contribution is 2.33. The van der Waals surface area contributed by atoms with Crippen LogP contribution >= 0.6 is 0 Å². The Morgan fingerprint density at radius 1 is 1.04 bits per heavy atom. The van der Waals surface area contributed by atoms with Gasteiger partial charge in [-0.1, -0.05) is 36.8 Å². The topological polar surface area (TPSA) is 19.0 Å². The minimum Gasteiger partial charge on any atom is -0.357 e. The number of halogens is 1. The summed E-state index contributed by atoms with van der Waals surface area (Å²) in [7, 11) is 0. The minimum absolute atomic E-state index is 0.167. The van der Waals surface area contributed by atoms with E-state index in [4.69, 9.17) is 0 Å². The van der Waals surface area contributed by atoms with E-state index in [1.165, 1.54) is 41.4 Å². The summed E-state index contributed by atoms with van der Waals surface area (Å²) in [5.74, 6) is -0.167. The van der Waals surface area contributed by atoms with Gasteiger partial charge in [-0.25, -0.2) is 4.39 Å². The van der Waals surface area contributed by atoms with Gasteiger partial charge in [0, 0.05) is 17.8 Å². The van der Waals surface area contributed by atoms with E-state index in [1.807, 2.05) is 12.1 Å². The fourth-order valence-corrected chi connectivity index (χ4v) is 3.63. The van der Waals surface area contributed by atoms with E-state index in [0.29, 0.717) is 6.04 Å². The maximum absolute atomic E-state index is 13.1. The van der Waals surface area contributed by atoms with Crippen LogP contribution in [0.2, 0.25) is 0 Å². The van der Waals surface area contributed by atoms with Crippen molar-refractivity contribution >= 4 is 10.9 Å². The second kappa shape index (κ2) is 6.17. The molecule has 2 nitrogen and oxygen atoms in total. The van der Waals surface area contributed by atoms with Crippen LogP contribution in [-0.2, 0) is 6.54 Å². The third kappa shape index (κ3) is 3.02. The first-order valence-electron chi connectivity index (χ1n) is 8.36. The summed E-state index contributed by atoms with van der Waals surface area (Å²) in [5, 5.41) is 1.27. The van der Waals surface area contributed by atoms with E-state index in [9.17, 15) is 4.39 Å². The molecule has 1 aliphatic heterocycles. The first-order chi connectivity index (χ1) is 11.3. The van der Waals surface area contributed by atoms with Crippen molar-refractivity contribution in [1.82, 2.24) is 9.88 Å². The molecule has 0 bridgehead atoms. The third-order valence-corrected chi connectivity index (χ3v) is 4.82. The van der Waals surface area contributed by atoms with Crippen LogP contribution in [0.4, 0.5) is 4.39 Å². The fraction of sp³-hybridized carbons (Fsp3) is 0.300. The molecule has 1 aromatic heterocycles. The molecule has 4 rings (SSSR count). The van der Waals surface area contributed by atoms with Crippen molar-refractivity contribution in [3.8, 4) is 0 Å². The maximum atomic E-state index is 13.1. The van der Waals surface area contributed by atoms with Gasteiger partial charge in [-0.3, -0.25) is 4.90 Å². The average Bonchev–Trinajstić information content (AvgIpc) is 3.01. The Hall–Kier alpha value is -2.13. The Morgan fingerprint density at radius 2 is 1.87 bits per heavy atom. The summed E-state index contributed by atoms with van der Waals surface area (Å²) in [6.45, 7) is 1.97. The molecule has 3 heteroatoms. The molecule has 1 atom stereocenters. The second-order valence-corrected chi connectivity index (χ2v) is 6.42. The van der Waals surface area contributed by atoms with Crippen LogP contribution in [0.3, 0.4) is 0 Å². The van der Waals surface area contributed by atoms with Crippen molar-refractivity contribution in [2.24, 2.45) is 0 Å². The Labute approximate surface area is 135 Å². The molecular weight excluding hydrogens is 287 g/mol. The molecule has 1 saturated heterocycles. The minimum atomic E-state index is -0.167. The molecule has 3 aromatic rings. The quantitative estimate of drug-likeness (QED) is 0.718. The van der Waals surface area contributed by atoms with Crippen LogP contribution in [0.1, 0.15) is 36.6 Å². The van der Waals surface area contributed by atoms with Crippen LogP contribution in [0.25, 0.3) is 10.9 Å². The number of likely N-dealkylation sites (tertiary alicyclic amines) is 1. The highest BCUT2D eigenvalue weighted by Gasteiger charge is 2.25. The van der Waals surface area contributed by atoms with E-state index in [1.54, 1.807) is 12.1 Å². The number of nitrogens with one attached hydrogen (secondary N) is 1. The van der Waals surface area contributed by atoms with E-state index < -0.39 is 0 Å². The first kappa shape index (κ1) is 14.5. The molecule has 0 radical (unpaired) electrons. The first-order valence-corrected chi connectivity index (χ1v) is 8.36. The molecule has 0 saturated carbocycles. The highest BCUT2D eigenvalue weighted by atomic mass is 19.1. The molecule has 2 aromatic carbocycles. The van der Waals surface area contributed by atoms with Gasteiger partial charge in [-0.05, 0) is 54.6 Å². The SMILES string of the molecule is Fc1ccc(CN2CCCC[C@@H]2c2cc3ccccc3[nH]2)cc1. The lowest BCUT2D eigenvalue weighted by Gasteiger charge is -2.35. The van der Waals surface area contributed by atoms with Gasteiger partial charge in [0.2, 0.25) is 0 Å². The summed E-state index contributed by atoms with van der Waals surface area (Å²) in [5.41, 5.74) is 3.68. The molecular formula is C20H21FN2. The van der Waals surface area contributed by atoms with Crippen molar-refractivity contribution in [3.63, 3.8) is 0 Å². The van der Waals surface area contributed by atoms with Crippen LogP contribution < -0.4 is 0 Å². The van der Waals surface area contributed by atoms with Gasteiger partial charge in [0.25, 0.3) is 0 Å². The van der Waals surface area contributed by atoms with Crippen LogP contribution in [0.15, 0.2) is 54.6 Å². The second-order valence-electron chi connectivity index (χ2n) is 6.42. The molecule has 1 N–H and O–H groups in total. The van der Waals surface area contributed by atoms with Crippen molar-refractivity contribution in [1.29, 1.82) is 0 Å². The number of nitrogens with zero attached hydrogens (tertiary/aromatic N) is 1. The molecule has 0 aliphatic carbocycles. The van der Waals surface area contributed by atoms with Crippen molar-refractivity contribution in [3.05, 3.63) is 71.7 Å². The number of aromatic amines is 1. The Balaban J connectivity index is 1.60. The zero-order valence-electron chi connectivity index (χ0n) is 13.1. The van der Waals surface area contributed by atoms with E-state index in [-0.39, 0.29) is 5.82 Å². The highest BCUT2D eigenvalue weighted by molar-refractivity contribution is 5.80. The van der Waals surface area contributed by atoms with Crippen molar-refractivity contribution in [2.45, 2.75) is 31.8 Å². The molecule has 23 heavy (non-hydrogen) atoms. The number of para-hydroxylation sites is 1. The van der Waals surface area contributed by atoms with Gasteiger partial charge >= 0.3 is 0 Å². The fourth-order valence-electron chi connectivity index (χ4n) is 3.63. The number of H-pyrrole nitrogens is 1. The van der Waals surface area contributed by atoms with Crippen LogP contribution in [0.5, 0.6) is 0 Å². The zero-order valence-corrected chi connectivity index (χ0v) is 13.1. The van der Waals surface area contributed by atoms with Crippen LogP contribution in [0, 0.1) is 5.82 Å². The normalized spacial score (nSPS) is 19.3. The summed E-state index contributed by atoms with van der Waals surface area (Å²) in [6, 6.07) is 18.0. The summed E-state index contributed by atoms with van der Waals surface area (Å²) in [4.78, 5) is 6.10. The molecule has 0 unspecified atom stereocenters. The number of hydrogen-bond acceptors (Lipinski definition) is 1. The summed E-state index contributed by atoms with van der Waals surface area (Å²) >= 11 is 0. The molecule has 0 amide bonds. The van der Waals surface area contributed by atoms with E-state index in [0.717, 1.165) is 13.1 Å². The Kier molecular flexibility index (Phi) is 3.88. The smallest absolute Gasteiger partial charge is 0.123 e. The number of benzene rings is 2. The molecule has 1 aliphatic rings. The lowest BCUT2D eigenvalue weighted by atomic mass is 9.98. The lowest BCUT2D eigenvalue weighted by Crippen LogP contribution is -2.33. The largest absolute Gasteiger partial charge is 0.357 e. The molecule has 2 heterocycles. The van der Waals surface area contributed by atoms with E-state index in [2.05, 4.69) is 40.2 Å². The lowest BCUT2D eigenvalue weighted by molar-refractivity contribution is 0.138. The van der Waals surface area contributed by atoms with Gasteiger partial charge in [-0.2, -0.15) is 0 Å². The van der Waals surface area contributed by atoms with Crippen LogP contribution in [-0.4, -0.2) is 16.4 Å². The number of rotatable bonds is 3. The predicted molar refractivity (Wildman–Crippen MR) is 91.7 cm³/mol. The maximum Gasteiger partial charge on any atom is 0.123 e. The number of hydrogen-bond donors (Lipinski definition) is 1. The van der Waals surface area contributed by atoms with Crippen molar-refractivity contribution < 1.29 is 4.39 Å². The van der Waals surface area contributed by atoms with Gasteiger partial charge in [-0.15, -0.1) is 0 Å². The van der Waals surface area contributed by atoms with Gasteiger partial charge in [0.05, 0.1) is 6.04 Å². The molecule has 118 valence electrons. The van der Waals surface area contributed by atoms with Gasteiger partial charge in [0.1, 0.15) is 5.82 Å². The predicted octanol–water partition coefficient (Wildman–Crippen LogP) is 5.03. The molecule has 1 fully saturated rings. The average molecular weight is 308 g/mol. The number of piperidine rings is 1. The van der Waals surface area contributed by atoms with E-state index >= 15 is 0 Å². The number of aromatic nitrogens is 1. The monoisotopic (exact) mass is 308 g/mol. The summed E-state index contributed by atoms with van der Waals surface area (Å²) < 4.78 is 13.1. The Morgan fingerprint density at radius 3 is 2.70 bits per heavy atom. The Bertz CT molecular complexity index is 758. The molecule has 0 spiro atoms. The van der Waals surface area contributed by atoms with Crippen molar-refractivity contribution in [2.75, 3.05) is 6.54 Å². The standard InChI is InChI=1S/C20H21FN2/c21-17-10-8-15(9-11-17)14-23-12-4-3-7-20(23)19-13-16-5-1-2-6-18(16)22-19/h1-2,5-6,8-11,13,20,22H,3-4,7,12,14H2/t20-/m1/s1. The number of fused-ring (bicyclic) bond motifs is 1. The third-order valence-electron chi connectivity index (χ3n) is 4.82.